The molecule has 0 saturated heterocycles. The second kappa shape index (κ2) is 9.99. The molecule has 2 atom stereocenters. The molecule has 0 fully saturated rings. The van der Waals surface area contributed by atoms with E-state index < -0.39 is 28.8 Å². The number of carbonyl (C=O) groups is 2. The van der Waals surface area contributed by atoms with Gasteiger partial charge < -0.3 is 21.7 Å². The molecule has 0 unspecified atom stereocenters. The van der Waals surface area contributed by atoms with Crippen molar-refractivity contribution < 1.29 is 19.8 Å². The fourth-order valence-corrected chi connectivity index (χ4v) is 3.41. The molecule has 0 aromatic carbocycles. The van der Waals surface area contributed by atoms with Crippen molar-refractivity contribution in [3.63, 3.8) is 0 Å². The van der Waals surface area contributed by atoms with E-state index in [0.29, 0.717) is 0 Å². The first-order chi connectivity index (χ1) is 7.18. The van der Waals surface area contributed by atoms with E-state index in [-0.39, 0.29) is 30.6 Å². The van der Waals surface area contributed by atoms with E-state index in [1.165, 1.54) is 21.6 Å². The normalized spacial score (nSPS) is 13.8. The van der Waals surface area contributed by atoms with Crippen molar-refractivity contribution in [2.24, 2.45) is 11.5 Å². The molecule has 0 aromatic heterocycles. The van der Waals surface area contributed by atoms with Gasteiger partial charge in [0.2, 0.25) is 0 Å². The maximum atomic E-state index is 10.7. The van der Waals surface area contributed by atoms with Gasteiger partial charge in [0.25, 0.3) is 0 Å². The summed E-state index contributed by atoms with van der Waals surface area (Å²) in [5.41, 5.74) is 10.8. The van der Waals surface area contributed by atoms with Gasteiger partial charge in [-0.05, 0) is 13.8 Å². The number of carboxylic acids is 2. The molecule has 0 spiro atoms. The van der Waals surface area contributed by atoms with Crippen molar-refractivity contribution in [1.82, 2.24) is 0 Å². The molecule has 110 valence electrons. The summed E-state index contributed by atoms with van der Waals surface area (Å²) in [6.45, 7) is 3.38. The van der Waals surface area contributed by atoms with Crippen LogP contribution in [0.25, 0.3) is 0 Å². The van der Waals surface area contributed by atoms with Crippen LogP contribution in [0, 0.1) is 0 Å². The van der Waals surface area contributed by atoms with Gasteiger partial charge in [0.1, 0.15) is 12.1 Å². The van der Waals surface area contributed by atoms with Crippen molar-refractivity contribution >= 4 is 58.3 Å². The summed E-state index contributed by atoms with van der Waals surface area (Å²) in [4.78, 5) is 21.1. The van der Waals surface area contributed by atoms with E-state index in [9.17, 15) is 9.59 Å². The van der Waals surface area contributed by atoms with Crippen molar-refractivity contribution in [3.05, 3.63) is 0 Å². The highest BCUT2D eigenvalue weighted by Crippen LogP contribution is 2.37. The van der Waals surface area contributed by atoms with Crippen molar-refractivity contribution in [2.75, 3.05) is 5.75 Å². The molecule has 0 amide bonds. The standard InChI is InChI=1S/C8H16N2O4S2.2ClH/c1-8(2,5(10)7(13)14)16-15-3-4(9)6(11)12;;/h4-5H,3,9-10H2,1-2H3,(H,11,12)(H,13,14);2*1H/t4-,5+;;/m0../s1. The molecule has 0 saturated carbocycles. The van der Waals surface area contributed by atoms with Crippen LogP contribution in [0.1, 0.15) is 13.8 Å². The number of carboxylic acid groups (broad SMARTS) is 2. The lowest BCUT2D eigenvalue weighted by Gasteiger charge is -2.27. The van der Waals surface area contributed by atoms with E-state index in [4.69, 9.17) is 21.7 Å². The number of rotatable bonds is 7. The molecular weight excluding hydrogens is 323 g/mol. The summed E-state index contributed by atoms with van der Waals surface area (Å²) in [6, 6.07) is -1.96. The van der Waals surface area contributed by atoms with Crippen LogP contribution in [0.2, 0.25) is 0 Å². The lowest BCUT2D eigenvalue weighted by molar-refractivity contribution is -0.139. The molecule has 6 N–H and O–H groups in total. The maximum Gasteiger partial charge on any atom is 0.321 e. The van der Waals surface area contributed by atoms with Gasteiger partial charge in [0, 0.05) is 10.5 Å². The third kappa shape index (κ3) is 8.28. The SMILES string of the molecule is CC(C)(SSC[C@H](N)C(=O)O)[C@H](N)C(=O)O.Cl.Cl. The molecule has 0 rings (SSSR count). The number of hydrogen-bond donors (Lipinski definition) is 4. The zero-order valence-corrected chi connectivity index (χ0v) is 13.1. The second-order valence-electron chi connectivity index (χ2n) is 3.73. The molecule has 18 heavy (non-hydrogen) atoms. The highest BCUT2D eigenvalue weighted by atomic mass is 35.5. The summed E-state index contributed by atoms with van der Waals surface area (Å²) >= 11 is 0. The third-order valence-corrected chi connectivity index (χ3v) is 5.20. The number of halogens is 2. The van der Waals surface area contributed by atoms with E-state index in [1.807, 2.05) is 0 Å². The number of aliphatic carboxylic acids is 2. The Morgan fingerprint density at radius 3 is 1.94 bits per heavy atom. The van der Waals surface area contributed by atoms with Gasteiger partial charge in [-0.15, -0.1) is 24.8 Å². The smallest absolute Gasteiger partial charge is 0.321 e. The Labute approximate surface area is 126 Å². The molecule has 0 aliphatic rings. The minimum atomic E-state index is -1.08. The Bertz CT molecular complexity index is 282. The first kappa shape index (κ1) is 23.2. The monoisotopic (exact) mass is 340 g/mol. The van der Waals surface area contributed by atoms with E-state index >= 15 is 0 Å². The second-order valence-corrected chi connectivity index (χ2v) is 6.73. The topological polar surface area (TPSA) is 127 Å². The van der Waals surface area contributed by atoms with Crippen molar-refractivity contribution in [1.29, 1.82) is 0 Å². The van der Waals surface area contributed by atoms with Gasteiger partial charge in [0.15, 0.2) is 0 Å². The van der Waals surface area contributed by atoms with Crippen LogP contribution in [0.5, 0.6) is 0 Å². The Morgan fingerprint density at radius 2 is 1.61 bits per heavy atom. The molecule has 0 aromatic rings. The quantitative estimate of drug-likeness (QED) is 0.501. The van der Waals surface area contributed by atoms with Crippen LogP contribution >= 0.6 is 46.4 Å². The van der Waals surface area contributed by atoms with E-state index in [0.717, 1.165) is 0 Å². The van der Waals surface area contributed by atoms with Gasteiger partial charge in [-0.25, -0.2) is 0 Å². The average Bonchev–Trinajstić information content (AvgIpc) is 2.15. The van der Waals surface area contributed by atoms with Crippen LogP contribution in [0.15, 0.2) is 0 Å². The highest BCUT2D eigenvalue weighted by molar-refractivity contribution is 8.77. The van der Waals surface area contributed by atoms with Crippen LogP contribution in [-0.2, 0) is 9.59 Å². The Kier molecular flexibility index (Phi) is 12.9. The summed E-state index contributed by atoms with van der Waals surface area (Å²) < 4.78 is -0.686. The molecule has 0 bridgehead atoms. The summed E-state index contributed by atoms with van der Waals surface area (Å²) in [7, 11) is 2.44. The molecule has 0 aliphatic heterocycles. The number of nitrogens with two attached hydrogens (primary N) is 2. The lowest BCUT2D eigenvalue weighted by Crippen LogP contribution is -2.46. The Balaban J connectivity index is -0.00000112. The van der Waals surface area contributed by atoms with Gasteiger partial charge in [-0.2, -0.15) is 0 Å². The Morgan fingerprint density at radius 1 is 1.17 bits per heavy atom. The van der Waals surface area contributed by atoms with Gasteiger partial charge in [-0.3, -0.25) is 9.59 Å². The van der Waals surface area contributed by atoms with Crippen LogP contribution in [0.3, 0.4) is 0 Å². The molecule has 0 aliphatic carbocycles. The predicted octanol–water partition coefficient (Wildman–Crippen LogP) is 0.814. The largest absolute Gasteiger partial charge is 0.480 e. The maximum absolute atomic E-state index is 10.7. The highest BCUT2D eigenvalue weighted by Gasteiger charge is 2.33. The van der Waals surface area contributed by atoms with E-state index in [2.05, 4.69) is 0 Å². The lowest BCUT2D eigenvalue weighted by atomic mass is 10.1. The number of hydrogen-bond acceptors (Lipinski definition) is 6. The Hall–Kier alpha value is 0.140. The zero-order valence-electron chi connectivity index (χ0n) is 9.86. The molecular formula is C8H18Cl2N2O4S2. The van der Waals surface area contributed by atoms with Crippen LogP contribution in [-0.4, -0.2) is 44.7 Å². The summed E-state index contributed by atoms with van der Waals surface area (Å²) in [5.74, 6) is -1.95. The van der Waals surface area contributed by atoms with Gasteiger partial charge in [-0.1, -0.05) is 21.6 Å². The summed E-state index contributed by atoms with van der Waals surface area (Å²) in [6.07, 6.45) is 0. The van der Waals surface area contributed by atoms with Crippen molar-refractivity contribution in [2.45, 2.75) is 30.7 Å². The minimum Gasteiger partial charge on any atom is -0.480 e. The van der Waals surface area contributed by atoms with Crippen LogP contribution < -0.4 is 11.5 Å². The minimum absolute atomic E-state index is 0. The fourth-order valence-electron chi connectivity index (χ4n) is 0.680. The fraction of sp³-hybridized carbons (Fsp3) is 0.750. The van der Waals surface area contributed by atoms with Crippen LogP contribution in [0.4, 0.5) is 0 Å². The average molecular weight is 341 g/mol. The molecule has 10 heteroatoms. The molecule has 0 heterocycles. The first-order valence-electron chi connectivity index (χ1n) is 4.46. The molecule has 0 radical (unpaired) electrons. The van der Waals surface area contributed by atoms with Crippen molar-refractivity contribution in [3.8, 4) is 0 Å². The third-order valence-electron chi connectivity index (χ3n) is 1.85. The predicted molar refractivity (Wildman–Crippen MR) is 79.8 cm³/mol. The zero-order chi connectivity index (χ0) is 12.9. The summed E-state index contributed by atoms with van der Waals surface area (Å²) in [5, 5.41) is 17.3. The van der Waals surface area contributed by atoms with Gasteiger partial charge in [0.05, 0.1) is 0 Å². The van der Waals surface area contributed by atoms with Gasteiger partial charge >= 0.3 is 11.9 Å². The first-order valence-corrected chi connectivity index (χ1v) is 6.77. The molecule has 6 nitrogen and oxygen atoms in total. The van der Waals surface area contributed by atoms with E-state index in [1.54, 1.807) is 13.8 Å².